The standard InChI is InChI=1S/C20H21N3O4/c24-19(14-15-4-2-1-3-5-15)21-17-10-12-22(13-11-17)20(25)16-6-8-18(9-7-16)23(26)27/h1-9,17H,10-14H2,(H-,21,24,26,27)/p+1. The summed E-state index contributed by atoms with van der Waals surface area (Å²) in [6.07, 6.45) is 1.76. The van der Waals surface area contributed by atoms with Gasteiger partial charge in [-0.1, -0.05) is 30.3 Å². The quantitative estimate of drug-likeness (QED) is 0.794. The first kappa shape index (κ1) is 18.6. The molecular weight excluding hydrogens is 346 g/mol. The highest BCUT2D eigenvalue weighted by molar-refractivity contribution is 5.94. The van der Waals surface area contributed by atoms with Crippen LogP contribution in [0, 0.1) is 4.91 Å². The van der Waals surface area contributed by atoms with Crippen molar-refractivity contribution in [3.8, 4) is 0 Å². The third-order valence-electron chi connectivity index (χ3n) is 4.69. The topological polar surface area (TPSA) is 89.7 Å². The summed E-state index contributed by atoms with van der Waals surface area (Å²) in [6, 6.07) is 15.5. The van der Waals surface area contributed by atoms with Crippen molar-refractivity contribution in [2.75, 3.05) is 13.1 Å². The van der Waals surface area contributed by atoms with Crippen molar-refractivity contribution < 1.29 is 19.7 Å². The maximum absolute atomic E-state index is 12.5. The number of nitrogens with zero attached hydrogens (tertiary/aromatic N) is 2. The van der Waals surface area contributed by atoms with E-state index >= 15 is 0 Å². The molecule has 140 valence electrons. The van der Waals surface area contributed by atoms with Crippen LogP contribution in [0.3, 0.4) is 0 Å². The highest BCUT2D eigenvalue weighted by atomic mass is 16.6. The van der Waals surface area contributed by atoms with Gasteiger partial charge >= 0.3 is 5.69 Å². The number of carbonyl (C=O) groups is 2. The molecule has 0 spiro atoms. The lowest BCUT2D eigenvalue weighted by Crippen LogP contribution is -2.46. The van der Waals surface area contributed by atoms with Crippen LogP contribution in [0.2, 0.25) is 0 Å². The summed E-state index contributed by atoms with van der Waals surface area (Å²) in [5.74, 6) is -0.126. The van der Waals surface area contributed by atoms with Crippen LogP contribution in [0.15, 0.2) is 54.6 Å². The molecule has 27 heavy (non-hydrogen) atoms. The fraction of sp³-hybridized carbons (Fsp3) is 0.300. The van der Waals surface area contributed by atoms with Gasteiger partial charge in [0, 0.05) is 36.8 Å². The van der Waals surface area contributed by atoms with Crippen LogP contribution in [0.1, 0.15) is 28.8 Å². The van der Waals surface area contributed by atoms with Crippen molar-refractivity contribution in [2.45, 2.75) is 25.3 Å². The molecule has 0 radical (unpaired) electrons. The van der Waals surface area contributed by atoms with E-state index in [-0.39, 0.29) is 28.5 Å². The van der Waals surface area contributed by atoms with Crippen LogP contribution in [-0.2, 0) is 11.2 Å². The van der Waals surface area contributed by atoms with Crippen LogP contribution >= 0.6 is 0 Å². The third kappa shape index (κ3) is 4.91. The molecule has 7 heteroatoms. The van der Waals surface area contributed by atoms with Crippen LogP contribution < -0.4 is 5.32 Å². The highest BCUT2D eigenvalue weighted by Crippen LogP contribution is 2.17. The minimum absolute atomic E-state index is 0.00673. The highest BCUT2D eigenvalue weighted by Gasteiger charge is 2.25. The van der Waals surface area contributed by atoms with E-state index in [1.165, 1.54) is 24.3 Å². The number of nitrogens with one attached hydrogen (secondary N) is 1. The van der Waals surface area contributed by atoms with Gasteiger partial charge in [-0.15, -0.1) is 0 Å². The predicted molar refractivity (Wildman–Crippen MR) is 98.7 cm³/mol. The van der Waals surface area contributed by atoms with Crippen LogP contribution in [0.4, 0.5) is 5.69 Å². The number of amides is 2. The van der Waals surface area contributed by atoms with Gasteiger partial charge < -0.3 is 10.2 Å². The minimum atomic E-state index is -0.238. The van der Waals surface area contributed by atoms with E-state index in [1.807, 2.05) is 30.3 Å². The van der Waals surface area contributed by atoms with E-state index in [9.17, 15) is 14.5 Å². The van der Waals surface area contributed by atoms with Gasteiger partial charge in [0.05, 0.1) is 11.3 Å². The van der Waals surface area contributed by atoms with E-state index < -0.39 is 0 Å². The van der Waals surface area contributed by atoms with E-state index in [0.717, 1.165) is 5.56 Å². The largest absolute Gasteiger partial charge is 0.353 e. The van der Waals surface area contributed by atoms with Crippen LogP contribution in [-0.4, -0.2) is 46.0 Å². The molecule has 1 saturated heterocycles. The molecular formula is C20H22N3O4+. The summed E-state index contributed by atoms with van der Waals surface area (Å²) >= 11 is 0. The lowest BCUT2D eigenvalue weighted by Gasteiger charge is -2.32. The fourth-order valence-corrected chi connectivity index (χ4v) is 3.20. The summed E-state index contributed by atoms with van der Waals surface area (Å²) < 4.78 is 0. The molecule has 1 heterocycles. The van der Waals surface area contributed by atoms with Crippen LogP contribution in [0.5, 0.6) is 0 Å². The second-order valence-corrected chi connectivity index (χ2v) is 6.62. The smallest absolute Gasteiger partial charge is 0.316 e. The average Bonchev–Trinajstić information content (AvgIpc) is 2.69. The molecule has 3 rings (SSSR count). The Bertz CT molecular complexity index is 813. The number of rotatable bonds is 5. The van der Waals surface area contributed by atoms with Crippen LogP contribution in [0.25, 0.3) is 0 Å². The fourth-order valence-electron chi connectivity index (χ4n) is 3.20. The first-order valence-electron chi connectivity index (χ1n) is 8.91. The normalized spacial score (nSPS) is 14.6. The molecule has 1 aliphatic heterocycles. The molecule has 0 unspecified atom stereocenters. The number of likely N-dealkylation sites (tertiary alicyclic amines) is 1. The Balaban J connectivity index is 1.48. The Morgan fingerprint density at radius 2 is 1.67 bits per heavy atom. The maximum atomic E-state index is 12.5. The molecule has 0 aliphatic carbocycles. The first-order valence-corrected chi connectivity index (χ1v) is 8.91. The van der Waals surface area contributed by atoms with Crippen molar-refractivity contribution in [3.05, 3.63) is 70.6 Å². The minimum Gasteiger partial charge on any atom is -0.353 e. The molecule has 7 nitrogen and oxygen atoms in total. The lowest BCUT2D eigenvalue weighted by molar-refractivity contribution is -0.729. The Morgan fingerprint density at radius 3 is 2.26 bits per heavy atom. The van der Waals surface area contributed by atoms with Gasteiger partial charge in [-0.25, -0.2) is 5.21 Å². The average molecular weight is 368 g/mol. The van der Waals surface area contributed by atoms with Gasteiger partial charge in [-0.2, -0.15) is 0 Å². The zero-order valence-corrected chi connectivity index (χ0v) is 14.9. The zero-order valence-electron chi connectivity index (χ0n) is 14.9. The van der Waals surface area contributed by atoms with Gasteiger partial charge in [-0.05, 0) is 30.5 Å². The van der Waals surface area contributed by atoms with E-state index in [0.29, 0.717) is 37.9 Å². The molecule has 0 aromatic heterocycles. The van der Waals surface area contributed by atoms with E-state index in [1.54, 1.807) is 4.90 Å². The molecule has 1 aliphatic rings. The van der Waals surface area contributed by atoms with Gasteiger partial charge in [0.15, 0.2) is 0 Å². The molecule has 2 aromatic carbocycles. The van der Waals surface area contributed by atoms with Crippen molar-refractivity contribution in [1.29, 1.82) is 0 Å². The van der Waals surface area contributed by atoms with E-state index in [4.69, 9.17) is 5.21 Å². The monoisotopic (exact) mass is 368 g/mol. The number of hydrogen-bond acceptors (Lipinski definition) is 3. The van der Waals surface area contributed by atoms with Crippen molar-refractivity contribution in [2.24, 2.45) is 0 Å². The number of piperidine rings is 1. The number of benzene rings is 2. The SMILES string of the molecule is O=C(Cc1ccccc1)NC1CCN(C(=O)c2ccc([N+](=O)O)cc2)CC1. The summed E-state index contributed by atoms with van der Waals surface area (Å²) in [5, 5.41) is 11.9. The number of carbonyl (C=O) groups excluding carboxylic acids is 2. The Labute approximate surface area is 157 Å². The summed E-state index contributed by atoms with van der Waals surface area (Å²) in [4.78, 5) is 37.0. The van der Waals surface area contributed by atoms with Gasteiger partial charge in [0.1, 0.15) is 0 Å². The Kier molecular flexibility index (Phi) is 5.80. The predicted octanol–water partition coefficient (Wildman–Crippen LogP) is 2.45. The third-order valence-corrected chi connectivity index (χ3v) is 4.69. The van der Waals surface area contributed by atoms with Gasteiger partial charge in [-0.3, -0.25) is 9.59 Å². The molecule has 2 amide bonds. The Morgan fingerprint density at radius 1 is 1.04 bits per heavy atom. The molecule has 0 bridgehead atoms. The zero-order chi connectivity index (χ0) is 19.2. The first-order chi connectivity index (χ1) is 13.0. The van der Waals surface area contributed by atoms with Crippen molar-refractivity contribution in [1.82, 2.24) is 10.2 Å². The summed E-state index contributed by atoms with van der Waals surface area (Å²) in [6.45, 7) is 1.12. The molecule has 2 aromatic rings. The maximum Gasteiger partial charge on any atom is 0.316 e. The van der Waals surface area contributed by atoms with Gasteiger partial charge in [0.2, 0.25) is 5.91 Å². The van der Waals surface area contributed by atoms with Gasteiger partial charge in [0.25, 0.3) is 10.8 Å². The van der Waals surface area contributed by atoms with Crippen molar-refractivity contribution >= 4 is 17.5 Å². The number of hydrogen-bond donors (Lipinski definition) is 2. The second-order valence-electron chi connectivity index (χ2n) is 6.62. The molecule has 0 atom stereocenters. The molecule has 0 saturated carbocycles. The van der Waals surface area contributed by atoms with Crippen molar-refractivity contribution in [3.63, 3.8) is 0 Å². The Hall–Kier alpha value is -3.22. The summed E-state index contributed by atoms with van der Waals surface area (Å²) in [5.41, 5.74) is 1.52. The molecule has 1 fully saturated rings. The second kappa shape index (κ2) is 8.44. The summed E-state index contributed by atoms with van der Waals surface area (Å²) in [7, 11) is 0. The molecule has 2 N–H and O–H groups in total. The van der Waals surface area contributed by atoms with E-state index in [2.05, 4.69) is 5.32 Å². The lowest BCUT2D eigenvalue weighted by atomic mass is 10.0.